The van der Waals surface area contributed by atoms with Crippen LogP contribution in [0.4, 0.5) is 0 Å². The molecular formula is C22H25N3OS. The van der Waals surface area contributed by atoms with E-state index in [-0.39, 0.29) is 5.91 Å². The normalized spacial score (nSPS) is 18.0. The number of hydrogen-bond donors (Lipinski definition) is 1. The molecule has 1 aliphatic carbocycles. The van der Waals surface area contributed by atoms with Crippen LogP contribution in [0.2, 0.25) is 0 Å². The van der Waals surface area contributed by atoms with E-state index in [1.807, 2.05) is 22.3 Å². The highest BCUT2D eigenvalue weighted by atomic mass is 32.1. The van der Waals surface area contributed by atoms with Crippen molar-refractivity contribution in [2.45, 2.75) is 32.2 Å². The number of aromatic nitrogens is 1. The predicted molar refractivity (Wildman–Crippen MR) is 110 cm³/mol. The molecule has 3 heterocycles. The average Bonchev–Trinajstić information content (AvgIpc) is 3.35. The fourth-order valence-corrected chi connectivity index (χ4v) is 5.20. The Morgan fingerprint density at radius 2 is 1.93 bits per heavy atom. The summed E-state index contributed by atoms with van der Waals surface area (Å²) in [6.45, 7) is 4.53. The minimum atomic E-state index is 0.179. The number of H-pyrrole nitrogens is 1. The van der Waals surface area contributed by atoms with Crippen molar-refractivity contribution in [3.8, 4) is 0 Å². The third-order valence-corrected chi connectivity index (χ3v) is 6.83. The second kappa shape index (κ2) is 7.13. The van der Waals surface area contributed by atoms with Crippen LogP contribution in [0.15, 0.2) is 35.7 Å². The van der Waals surface area contributed by atoms with E-state index < -0.39 is 0 Å². The number of hydrogen-bond acceptors (Lipinski definition) is 3. The number of thiophene rings is 1. The summed E-state index contributed by atoms with van der Waals surface area (Å²) < 4.78 is 0. The number of aryl methyl sites for hydroxylation is 2. The number of piperazine rings is 1. The van der Waals surface area contributed by atoms with E-state index in [4.69, 9.17) is 0 Å². The third-order valence-electron chi connectivity index (χ3n) is 5.96. The van der Waals surface area contributed by atoms with E-state index in [1.54, 1.807) is 0 Å². The Morgan fingerprint density at radius 1 is 1.07 bits per heavy atom. The van der Waals surface area contributed by atoms with Gasteiger partial charge in [0.15, 0.2) is 0 Å². The standard InChI is InChI=1S/C22H25N3OS/c26-22(25-11-9-24(10-12-25)15-17-4-3-13-27-17)16-7-8-21-19(14-16)18-5-1-2-6-20(18)23-21/h3-4,7-8,13-14,23H,1-2,5-6,9-12,15H2. The zero-order chi connectivity index (χ0) is 18.2. The number of carbonyl (C=O) groups excluding carboxylic acids is 1. The summed E-state index contributed by atoms with van der Waals surface area (Å²) in [7, 11) is 0. The zero-order valence-electron chi connectivity index (χ0n) is 15.5. The summed E-state index contributed by atoms with van der Waals surface area (Å²) in [6, 6.07) is 10.5. The second-order valence-corrected chi connectivity index (χ2v) is 8.73. The highest BCUT2D eigenvalue weighted by Gasteiger charge is 2.23. The fourth-order valence-electron chi connectivity index (χ4n) is 4.45. The molecule has 140 valence electrons. The van der Waals surface area contributed by atoms with Gasteiger partial charge in [-0.1, -0.05) is 6.07 Å². The quantitative estimate of drug-likeness (QED) is 0.745. The topological polar surface area (TPSA) is 39.3 Å². The van der Waals surface area contributed by atoms with Gasteiger partial charge in [0, 0.05) is 59.8 Å². The molecule has 5 heteroatoms. The van der Waals surface area contributed by atoms with Crippen LogP contribution in [0.25, 0.3) is 10.9 Å². The van der Waals surface area contributed by atoms with E-state index in [0.29, 0.717) is 0 Å². The molecule has 0 bridgehead atoms. The molecule has 3 aromatic rings. The van der Waals surface area contributed by atoms with Crippen LogP contribution >= 0.6 is 11.3 Å². The number of benzene rings is 1. The van der Waals surface area contributed by atoms with E-state index in [9.17, 15) is 4.79 Å². The lowest BCUT2D eigenvalue weighted by atomic mass is 9.95. The first kappa shape index (κ1) is 17.0. The molecule has 4 nitrogen and oxygen atoms in total. The molecule has 2 aliphatic rings. The van der Waals surface area contributed by atoms with Crippen LogP contribution in [0, 0.1) is 0 Å². The van der Waals surface area contributed by atoms with Crippen LogP contribution < -0.4 is 0 Å². The number of rotatable bonds is 3. The van der Waals surface area contributed by atoms with Gasteiger partial charge in [-0.05, 0) is 60.9 Å². The van der Waals surface area contributed by atoms with Gasteiger partial charge in [-0.3, -0.25) is 9.69 Å². The summed E-state index contributed by atoms with van der Waals surface area (Å²) in [5.41, 5.74) is 4.83. The highest BCUT2D eigenvalue weighted by Crippen LogP contribution is 2.30. The van der Waals surface area contributed by atoms with Crippen LogP contribution in [-0.4, -0.2) is 46.9 Å². The summed E-state index contributed by atoms with van der Waals surface area (Å²) in [5, 5.41) is 3.39. The van der Waals surface area contributed by atoms with E-state index in [0.717, 1.165) is 51.1 Å². The average molecular weight is 380 g/mol. The van der Waals surface area contributed by atoms with Gasteiger partial charge in [0.2, 0.25) is 0 Å². The molecule has 1 saturated heterocycles. The van der Waals surface area contributed by atoms with Crippen molar-refractivity contribution in [1.82, 2.24) is 14.8 Å². The van der Waals surface area contributed by atoms with Crippen molar-refractivity contribution in [2.75, 3.05) is 26.2 Å². The Balaban J connectivity index is 1.29. The summed E-state index contributed by atoms with van der Waals surface area (Å²) >= 11 is 1.81. The second-order valence-electron chi connectivity index (χ2n) is 7.70. The SMILES string of the molecule is O=C(c1ccc2[nH]c3c(c2c1)CCCC3)N1CCN(Cc2cccs2)CC1. The summed E-state index contributed by atoms with van der Waals surface area (Å²) in [4.78, 5) is 22.5. The lowest BCUT2D eigenvalue weighted by molar-refractivity contribution is 0.0630. The van der Waals surface area contributed by atoms with Crippen LogP contribution in [0.1, 0.15) is 39.3 Å². The fraction of sp³-hybridized carbons (Fsp3) is 0.409. The largest absolute Gasteiger partial charge is 0.358 e. The number of amides is 1. The Hall–Kier alpha value is -2.11. The molecule has 0 radical (unpaired) electrons. The molecule has 1 N–H and O–H groups in total. The predicted octanol–water partition coefficient (Wildman–Crippen LogP) is 4.07. The smallest absolute Gasteiger partial charge is 0.253 e. The first-order valence-corrected chi connectivity index (χ1v) is 10.8. The minimum Gasteiger partial charge on any atom is -0.358 e. The van der Waals surface area contributed by atoms with Gasteiger partial charge in [0.1, 0.15) is 0 Å². The molecule has 0 spiro atoms. The molecule has 1 aliphatic heterocycles. The van der Waals surface area contributed by atoms with Gasteiger partial charge in [0.05, 0.1) is 0 Å². The number of fused-ring (bicyclic) bond motifs is 3. The Kier molecular flexibility index (Phi) is 4.50. The number of aromatic amines is 1. The Labute approximate surface area is 163 Å². The lowest BCUT2D eigenvalue weighted by Crippen LogP contribution is -2.48. The van der Waals surface area contributed by atoms with Crippen molar-refractivity contribution < 1.29 is 4.79 Å². The third kappa shape index (κ3) is 3.30. The van der Waals surface area contributed by atoms with E-state index >= 15 is 0 Å². The van der Waals surface area contributed by atoms with Crippen molar-refractivity contribution in [3.63, 3.8) is 0 Å². The molecular weight excluding hydrogens is 354 g/mol. The number of carbonyl (C=O) groups is 1. The molecule has 0 atom stereocenters. The van der Waals surface area contributed by atoms with Crippen LogP contribution in [0.5, 0.6) is 0 Å². The van der Waals surface area contributed by atoms with Crippen LogP contribution in [0.3, 0.4) is 0 Å². The Morgan fingerprint density at radius 3 is 2.74 bits per heavy atom. The van der Waals surface area contributed by atoms with Gasteiger partial charge < -0.3 is 9.88 Å². The molecule has 27 heavy (non-hydrogen) atoms. The first-order chi connectivity index (χ1) is 13.3. The molecule has 5 rings (SSSR count). The van der Waals surface area contributed by atoms with Crippen molar-refractivity contribution in [3.05, 3.63) is 57.4 Å². The first-order valence-electron chi connectivity index (χ1n) is 9.95. The zero-order valence-corrected chi connectivity index (χ0v) is 16.4. The molecule has 1 amide bonds. The minimum absolute atomic E-state index is 0.179. The maximum Gasteiger partial charge on any atom is 0.253 e. The number of nitrogens with zero attached hydrogens (tertiary/aromatic N) is 2. The molecule has 1 aromatic carbocycles. The maximum atomic E-state index is 13.1. The van der Waals surface area contributed by atoms with Crippen LogP contribution in [-0.2, 0) is 19.4 Å². The molecule has 0 saturated carbocycles. The Bertz CT molecular complexity index is 952. The maximum absolute atomic E-state index is 13.1. The van der Waals surface area contributed by atoms with Gasteiger partial charge in [-0.15, -0.1) is 11.3 Å². The molecule has 0 unspecified atom stereocenters. The van der Waals surface area contributed by atoms with Gasteiger partial charge in [0.25, 0.3) is 5.91 Å². The monoisotopic (exact) mass is 379 g/mol. The molecule has 2 aromatic heterocycles. The summed E-state index contributed by atoms with van der Waals surface area (Å²) in [6.07, 6.45) is 4.79. The lowest BCUT2D eigenvalue weighted by Gasteiger charge is -2.34. The van der Waals surface area contributed by atoms with Gasteiger partial charge in [-0.25, -0.2) is 0 Å². The van der Waals surface area contributed by atoms with Gasteiger partial charge in [-0.2, -0.15) is 0 Å². The van der Waals surface area contributed by atoms with Crippen molar-refractivity contribution >= 4 is 28.1 Å². The molecule has 1 fully saturated rings. The summed E-state index contributed by atoms with van der Waals surface area (Å²) in [5.74, 6) is 0.179. The van der Waals surface area contributed by atoms with Gasteiger partial charge >= 0.3 is 0 Å². The van der Waals surface area contributed by atoms with E-state index in [1.165, 1.54) is 39.9 Å². The van der Waals surface area contributed by atoms with Crippen molar-refractivity contribution in [1.29, 1.82) is 0 Å². The highest BCUT2D eigenvalue weighted by molar-refractivity contribution is 7.09. The number of nitrogens with one attached hydrogen (secondary N) is 1. The van der Waals surface area contributed by atoms with E-state index in [2.05, 4.69) is 39.5 Å². The van der Waals surface area contributed by atoms with Crippen molar-refractivity contribution in [2.24, 2.45) is 0 Å².